The molecule has 2 atom stereocenters. The highest BCUT2D eigenvalue weighted by Gasteiger charge is 2.28. The Labute approximate surface area is 153 Å². The normalized spacial score (nSPS) is 16.3. The van der Waals surface area contributed by atoms with Gasteiger partial charge in [0.25, 0.3) is 0 Å². The second-order valence-electron chi connectivity index (χ2n) is 6.75. The van der Waals surface area contributed by atoms with E-state index in [1.807, 2.05) is 49.4 Å². The summed E-state index contributed by atoms with van der Waals surface area (Å²) in [4.78, 5) is 26.3. The maximum absolute atomic E-state index is 12.6. The molecule has 0 radical (unpaired) electrons. The van der Waals surface area contributed by atoms with Crippen LogP contribution in [0.1, 0.15) is 23.6 Å². The lowest BCUT2D eigenvalue weighted by molar-refractivity contribution is -0.142. The average molecular weight is 352 g/mol. The number of aliphatic carboxylic acids is 1. The third-order valence-electron chi connectivity index (χ3n) is 4.98. The third kappa shape index (κ3) is 4.29. The number of amides is 1. The Kier molecular flexibility index (Phi) is 5.68. The van der Waals surface area contributed by atoms with Gasteiger partial charge in [-0.25, -0.2) is 4.79 Å². The Morgan fingerprint density at radius 3 is 2.42 bits per heavy atom. The molecule has 1 heterocycles. The molecule has 0 saturated carbocycles. The lowest BCUT2D eigenvalue weighted by Gasteiger charge is -2.33. The number of carbonyl (C=O) groups is 2. The van der Waals surface area contributed by atoms with Crippen molar-refractivity contribution in [3.63, 3.8) is 0 Å². The second-order valence-corrected chi connectivity index (χ2v) is 6.75. The zero-order valence-corrected chi connectivity index (χ0v) is 14.9. The van der Waals surface area contributed by atoms with Crippen LogP contribution in [-0.2, 0) is 29.0 Å². The topological polar surface area (TPSA) is 69.6 Å². The molecular formula is C21H24N2O3. The van der Waals surface area contributed by atoms with Crippen molar-refractivity contribution in [2.45, 2.75) is 38.4 Å². The fourth-order valence-corrected chi connectivity index (χ4v) is 3.36. The van der Waals surface area contributed by atoms with Gasteiger partial charge in [-0.1, -0.05) is 54.6 Å². The Morgan fingerprint density at radius 2 is 1.73 bits per heavy atom. The van der Waals surface area contributed by atoms with Gasteiger partial charge in [-0.15, -0.1) is 0 Å². The minimum atomic E-state index is -1.02. The van der Waals surface area contributed by atoms with Crippen LogP contribution in [0.25, 0.3) is 0 Å². The molecule has 0 aromatic heterocycles. The van der Waals surface area contributed by atoms with Crippen LogP contribution in [0.5, 0.6) is 0 Å². The second kappa shape index (κ2) is 8.15. The monoisotopic (exact) mass is 352 g/mol. The van der Waals surface area contributed by atoms with E-state index in [1.54, 1.807) is 0 Å². The number of nitrogens with one attached hydrogen (secondary N) is 1. The summed E-state index contributed by atoms with van der Waals surface area (Å²) in [5.74, 6) is -1.26. The Bertz CT molecular complexity index is 776. The number of benzene rings is 2. The zero-order chi connectivity index (χ0) is 18.5. The number of rotatable bonds is 6. The van der Waals surface area contributed by atoms with Crippen molar-refractivity contribution in [3.05, 3.63) is 71.3 Å². The first kappa shape index (κ1) is 18.1. The van der Waals surface area contributed by atoms with Crippen LogP contribution in [0.4, 0.5) is 0 Å². The van der Waals surface area contributed by atoms with Gasteiger partial charge < -0.3 is 10.4 Å². The Balaban J connectivity index is 1.63. The van der Waals surface area contributed by atoms with E-state index in [-0.39, 0.29) is 18.4 Å². The summed E-state index contributed by atoms with van der Waals surface area (Å²) in [6.07, 6.45) is 1.18. The standard InChI is InChI=1S/C21H24N2O3/c1-15(23-12-11-17-9-5-6-10-18(17)14-23)20(24)22-19(21(25)26)13-16-7-3-2-4-8-16/h2-10,15,19H,11-14H2,1H3,(H,22,24)(H,25,26)/t15?,19-/m0/s1. The van der Waals surface area contributed by atoms with Gasteiger partial charge >= 0.3 is 5.97 Å². The van der Waals surface area contributed by atoms with Crippen LogP contribution in [0.2, 0.25) is 0 Å². The van der Waals surface area contributed by atoms with E-state index < -0.39 is 12.0 Å². The lowest BCUT2D eigenvalue weighted by Crippen LogP contribution is -2.52. The highest BCUT2D eigenvalue weighted by Crippen LogP contribution is 2.20. The lowest BCUT2D eigenvalue weighted by atomic mass is 9.98. The highest BCUT2D eigenvalue weighted by atomic mass is 16.4. The molecule has 5 nitrogen and oxygen atoms in total. The number of carboxylic acids is 1. The van der Waals surface area contributed by atoms with E-state index in [0.29, 0.717) is 6.54 Å². The summed E-state index contributed by atoms with van der Waals surface area (Å²) in [5, 5.41) is 12.2. The van der Waals surface area contributed by atoms with Crippen LogP contribution in [0.3, 0.4) is 0 Å². The number of nitrogens with zero attached hydrogens (tertiary/aromatic N) is 1. The molecule has 136 valence electrons. The molecule has 2 aromatic rings. The fraction of sp³-hybridized carbons (Fsp3) is 0.333. The predicted molar refractivity (Wildman–Crippen MR) is 99.7 cm³/mol. The van der Waals surface area contributed by atoms with Crippen molar-refractivity contribution in [3.8, 4) is 0 Å². The average Bonchev–Trinajstić information content (AvgIpc) is 2.67. The molecule has 0 saturated heterocycles. The molecule has 1 unspecified atom stereocenters. The number of fused-ring (bicyclic) bond motifs is 1. The Morgan fingerprint density at radius 1 is 1.08 bits per heavy atom. The van der Waals surface area contributed by atoms with Gasteiger partial charge in [-0.2, -0.15) is 0 Å². The number of hydrogen-bond donors (Lipinski definition) is 2. The van der Waals surface area contributed by atoms with Crippen LogP contribution in [0.15, 0.2) is 54.6 Å². The van der Waals surface area contributed by atoms with Gasteiger partial charge in [0.15, 0.2) is 0 Å². The quantitative estimate of drug-likeness (QED) is 0.837. The van der Waals surface area contributed by atoms with Crippen LogP contribution in [-0.4, -0.2) is 40.5 Å². The smallest absolute Gasteiger partial charge is 0.326 e. The zero-order valence-electron chi connectivity index (χ0n) is 14.9. The number of carbonyl (C=O) groups excluding carboxylic acids is 1. The minimum absolute atomic E-state index is 0.243. The molecule has 3 rings (SSSR count). The van der Waals surface area contributed by atoms with E-state index in [9.17, 15) is 14.7 Å². The Hall–Kier alpha value is -2.66. The van der Waals surface area contributed by atoms with Gasteiger partial charge in [0, 0.05) is 19.5 Å². The molecular weight excluding hydrogens is 328 g/mol. The molecule has 0 bridgehead atoms. The molecule has 2 aromatic carbocycles. The summed E-state index contributed by atoms with van der Waals surface area (Å²) in [5.41, 5.74) is 3.45. The van der Waals surface area contributed by atoms with Crippen LogP contribution >= 0.6 is 0 Å². The first-order valence-corrected chi connectivity index (χ1v) is 8.92. The minimum Gasteiger partial charge on any atom is -0.480 e. The summed E-state index contributed by atoms with van der Waals surface area (Å²) >= 11 is 0. The molecule has 1 aliphatic rings. The van der Waals surface area contributed by atoms with E-state index in [2.05, 4.69) is 22.3 Å². The summed E-state index contributed by atoms with van der Waals surface area (Å²) < 4.78 is 0. The van der Waals surface area contributed by atoms with Crippen molar-refractivity contribution in [2.24, 2.45) is 0 Å². The fourth-order valence-electron chi connectivity index (χ4n) is 3.36. The predicted octanol–water partition coefficient (Wildman–Crippen LogP) is 2.25. The van der Waals surface area contributed by atoms with Crippen LogP contribution in [0, 0.1) is 0 Å². The molecule has 5 heteroatoms. The van der Waals surface area contributed by atoms with E-state index in [4.69, 9.17) is 0 Å². The van der Waals surface area contributed by atoms with Crippen molar-refractivity contribution < 1.29 is 14.7 Å². The van der Waals surface area contributed by atoms with Crippen molar-refractivity contribution >= 4 is 11.9 Å². The van der Waals surface area contributed by atoms with Gasteiger partial charge in [0.1, 0.15) is 6.04 Å². The molecule has 0 spiro atoms. The highest BCUT2D eigenvalue weighted by molar-refractivity contribution is 5.86. The maximum atomic E-state index is 12.6. The van der Waals surface area contributed by atoms with Gasteiger partial charge in [-0.05, 0) is 30.0 Å². The maximum Gasteiger partial charge on any atom is 0.326 e. The first-order valence-electron chi connectivity index (χ1n) is 8.92. The largest absolute Gasteiger partial charge is 0.480 e. The van der Waals surface area contributed by atoms with E-state index >= 15 is 0 Å². The molecule has 1 amide bonds. The van der Waals surface area contributed by atoms with Crippen molar-refractivity contribution in [2.75, 3.05) is 6.54 Å². The summed E-state index contributed by atoms with van der Waals surface area (Å²) in [6, 6.07) is 16.3. The third-order valence-corrected chi connectivity index (χ3v) is 4.98. The number of carboxylic acid groups (broad SMARTS) is 1. The van der Waals surface area contributed by atoms with Gasteiger partial charge in [0.05, 0.1) is 6.04 Å². The summed E-state index contributed by atoms with van der Waals surface area (Å²) in [7, 11) is 0. The molecule has 0 fully saturated rings. The van der Waals surface area contributed by atoms with Crippen molar-refractivity contribution in [1.29, 1.82) is 0 Å². The molecule has 26 heavy (non-hydrogen) atoms. The number of hydrogen-bond acceptors (Lipinski definition) is 3. The van der Waals surface area contributed by atoms with Crippen molar-refractivity contribution in [1.82, 2.24) is 10.2 Å². The van der Waals surface area contributed by atoms with Gasteiger partial charge in [0.2, 0.25) is 5.91 Å². The van der Waals surface area contributed by atoms with Crippen LogP contribution < -0.4 is 5.32 Å². The van der Waals surface area contributed by atoms with E-state index in [1.165, 1.54) is 11.1 Å². The molecule has 0 aliphatic carbocycles. The van der Waals surface area contributed by atoms with Gasteiger partial charge in [-0.3, -0.25) is 9.69 Å². The first-order chi connectivity index (χ1) is 12.5. The summed E-state index contributed by atoms with van der Waals surface area (Å²) in [6.45, 7) is 3.34. The van der Waals surface area contributed by atoms with E-state index in [0.717, 1.165) is 18.5 Å². The SMILES string of the molecule is CC(C(=O)N[C@@H](Cc1ccccc1)C(=O)O)N1CCc2ccccc2C1. The molecule has 1 aliphatic heterocycles. The molecule has 2 N–H and O–H groups in total.